The van der Waals surface area contributed by atoms with Gasteiger partial charge in [-0.25, -0.2) is 0 Å². The quantitative estimate of drug-likeness (QED) is 0.784. The van der Waals surface area contributed by atoms with E-state index in [0.717, 1.165) is 6.42 Å². The van der Waals surface area contributed by atoms with Crippen LogP contribution in [0, 0.1) is 11.3 Å². The Kier molecular flexibility index (Phi) is 2.59. The predicted molar refractivity (Wildman–Crippen MR) is 62.8 cm³/mol. The Morgan fingerprint density at radius 2 is 1.80 bits per heavy atom. The van der Waals surface area contributed by atoms with Gasteiger partial charge in [-0.05, 0) is 29.2 Å². The van der Waals surface area contributed by atoms with Crippen molar-refractivity contribution in [3.63, 3.8) is 0 Å². The normalized spacial score (nSPS) is 27.5. The molecule has 2 rings (SSSR count). The third-order valence-electron chi connectivity index (χ3n) is 3.36. The Hall–Kier alpha value is -0.820. The Labute approximate surface area is 92.1 Å². The topological polar surface area (TPSA) is 20.2 Å². The van der Waals surface area contributed by atoms with E-state index in [4.69, 9.17) is 0 Å². The minimum absolute atomic E-state index is 0.00813. The fourth-order valence-electron chi connectivity index (χ4n) is 2.29. The van der Waals surface area contributed by atoms with Crippen molar-refractivity contribution in [1.82, 2.24) is 0 Å². The largest absolute Gasteiger partial charge is 0.392 e. The second-order valence-corrected chi connectivity index (χ2v) is 5.73. The van der Waals surface area contributed by atoms with Crippen molar-refractivity contribution in [2.24, 2.45) is 11.3 Å². The molecule has 1 aliphatic carbocycles. The highest BCUT2D eigenvalue weighted by molar-refractivity contribution is 5.26. The van der Waals surface area contributed by atoms with Gasteiger partial charge in [0.25, 0.3) is 0 Å². The minimum atomic E-state index is -0.178. The molecule has 3 atom stereocenters. The maximum atomic E-state index is 10.2. The zero-order chi connectivity index (χ0) is 11.1. The molecule has 0 spiro atoms. The highest BCUT2D eigenvalue weighted by atomic mass is 16.3. The SMILES string of the molecule is CC(C)(C)[C@H](O)[C@H]1C[C@@H]1c1ccccc1. The van der Waals surface area contributed by atoms with Crippen molar-refractivity contribution in [2.75, 3.05) is 0 Å². The standard InChI is InChI=1S/C14H20O/c1-14(2,3)13(15)12-9-11(12)10-7-5-4-6-8-10/h4-8,11-13,15H,9H2,1-3H3/t11-,12+,13-/m1/s1. The summed E-state index contributed by atoms with van der Waals surface area (Å²) in [5, 5.41) is 10.2. The van der Waals surface area contributed by atoms with E-state index in [1.807, 2.05) is 6.07 Å². The van der Waals surface area contributed by atoms with Crippen LogP contribution in [0.3, 0.4) is 0 Å². The van der Waals surface area contributed by atoms with Gasteiger partial charge in [0.2, 0.25) is 0 Å². The number of aliphatic hydroxyl groups excluding tert-OH is 1. The molecule has 1 N–H and O–H groups in total. The molecule has 1 aromatic carbocycles. The van der Waals surface area contributed by atoms with Crippen LogP contribution in [0.2, 0.25) is 0 Å². The van der Waals surface area contributed by atoms with Crippen molar-refractivity contribution in [3.05, 3.63) is 35.9 Å². The number of hydrogen-bond donors (Lipinski definition) is 1. The summed E-state index contributed by atoms with van der Waals surface area (Å²) < 4.78 is 0. The minimum Gasteiger partial charge on any atom is -0.392 e. The van der Waals surface area contributed by atoms with Crippen LogP contribution in [-0.2, 0) is 0 Å². The highest BCUT2D eigenvalue weighted by Gasteiger charge is 2.46. The predicted octanol–water partition coefficient (Wildman–Crippen LogP) is 3.20. The Morgan fingerprint density at radius 3 is 2.33 bits per heavy atom. The molecule has 1 saturated carbocycles. The maximum Gasteiger partial charge on any atom is 0.0622 e. The molecule has 0 aliphatic heterocycles. The molecule has 0 aromatic heterocycles. The number of rotatable bonds is 2. The zero-order valence-corrected chi connectivity index (χ0v) is 9.77. The smallest absolute Gasteiger partial charge is 0.0622 e. The van der Waals surface area contributed by atoms with Crippen LogP contribution < -0.4 is 0 Å². The molecule has 1 aromatic rings. The van der Waals surface area contributed by atoms with Crippen LogP contribution in [0.15, 0.2) is 30.3 Å². The van der Waals surface area contributed by atoms with Crippen molar-refractivity contribution in [2.45, 2.75) is 39.2 Å². The van der Waals surface area contributed by atoms with E-state index in [-0.39, 0.29) is 11.5 Å². The van der Waals surface area contributed by atoms with E-state index in [2.05, 4.69) is 45.0 Å². The first-order valence-corrected chi connectivity index (χ1v) is 5.73. The Bertz CT molecular complexity index is 323. The first-order chi connectivity index (χ1) is 7.00. The van der Waals surface area contributed by atoms with Crippen molar-refractivity contribution in [3.8, 4) is 0 Å². The lowest BCUT2D eigenvalue weighted by Gasteiger charge is -2.26. The van der Waals surface area contributed by atoms with Gasteiger partial charge in [-0.15, -0.1) is 0 Å². The lowest BCUT2D eigenvalue weighted by molar-refractivity contribution is 0.0423. The molecule has 1 nitrogen and oxygen atoms in total. The second-order valence-electron chi connectivity index (χ2n) is 5.73. The van der Waals surface area contributed by atoms with Crippen molar-refractivity contribution >= 4 is 0 Å². The number of benzene rings is 1. The fourth-order valence-corrected chi connectivity index (χ4v) is 2.29. The van der Waals surface area contributed by atoms with Crippen LogP contribution in [-0.4, -0.2) is 11.2 Å². The molecule has 0 heterocycles. The van der Waals surface area contributed by atoms with E-state index in [9.17, 15) is 5.11 Å². The first kappa shape index (κ1) is 10.7. The monoisotopic (exact) mass is 204 g/mol. The summed E-state index contributed by atoms with van der Waals surface area (Å²) in [4.78, 5) is 0. The van der Waals surface area contributed by atoms with Gasteiger partial charge in [0.05, 0.1) is 6.10 Å². The Morgan fingerprint density at radius 1 is 1.20 bits per heavy atom. The molecule has 82 valence electrons. The zero-order valence-electron chi connectivity index (χ0n) is 9.77. The summed E-state index contributed by atoms with van der Waals surface area (Å²) in [5.41, 5.74) is 1.39. The van der Waals surface area contributed by atoms with Crippen LogP contribution in [0.4, 0.5) is 0 Å². The highest BCUT2D eigenvalue weighted by Crippen LogP contribution is 2.52. The average molecular weight is 204 g/mol. The molecule has 0 unspecified atom stereocenters. The molecule has 15 heavy (non-hydrogen) atoms. The van der Waals surface area contributed by atoms with Gasteiger partial charge in [0, 0.05) is 0 Å². The number of hydrogen-bond acceptors (Lipinski definition) is 1. The van der Waals surface area contributed by atoms with Gasteiger partial charge < -0.3 is 5.11 Å². The van der Waals surface area contributed by atoms with Crippen LogP contribution >= 0.6 is 0 Å². The van der Waals surface area contributed by atoms with E-state index >= 15 is 0 Å². The van der Waals surface area contributed by atoms with Gasteiger partial charge >= 0.3 is 0 Å². The summed E-state index contributed by atoms with van der Waals surface area (Å²) in [6.45, 7) is 6.33. The first-order valence-electron chi connectivity index (χ1n) is 5.73. The van der Waals surface area contributed by atoms with Gasteiger partial charge in [0.15, 0.2) is 0 Å². The fraction of sp³-hybridized carbons (Fsp3) is 0.571. The van der Waals surface area contributed by atoms with Gasteiger partial charge in [-0.2, -0.15) is 0 Å². The molecule has 1 heteroatoms. The summed E-state index contributed by atoms with van der Waals surface area (Å²) >= 11 is 0. The average Bonchev–Trinajstić information content (AvgIpc) is 2.96. The second kappa shape index (κ2) is 3.64. The number of aliphatic hydroxyl groups is 1. The van der Waals surface area contributed by atoms with Crippen LogP contribution in [0.25, 0.3) is 0 Å². The van der Waals surface area contributed by atoms with Gasteiger partial charge in [-0.3, -0.25) is 0 Å². The molecule has 0 radical (unpaired) electrons. The van der Waals surface area contributed by atoms with Crippen molar-refractivity contribution in [1.29, 1.82) is 0 Å². The summed E-state index contributed by atoms with van der Waals surface area (Å²) in [7, 11) is 0. The third-order valence-corrected chi connectivity index (χ3v) is 3.36. The molecular formula is C14H20O. The van der Waals surface area contributed by atoms with Gasteiger partial charge in [-0.1, -0.05) is 51.1 Å². The van der Waals surface area contributed by atoms with E-state index in [1.54, 1.807) is 0 Å². The molecule has 0 saturated heterocycles. The third kappa shape index (κ3) is 2.23. The van der Waals surface area contributed by atoms with Crippen LogP contribution in [0.1, 0.15) is 38.7 Å². The maximum absolute atomic E-state index is 10.2. The molecule has 0 bridgehead atoms. The molecule has 1 aliphatic rings. The van der Waals surface area contributed by atoms with Crippen LogP contribution in [0.5, 0.6) is 0 Å². The van der Waals surface area contributed by atoms with Crippen molar-refractivity contribution < 1.29 is 5.11 Å². The summed E-state index contributed by atoms with van der Waals surface area (Å²) in [6.07, 6.45) is 0.963. The van der Waals surface area contributed by atoms with E-state index in [0.29, 0.717) is 11.8 Å². The molecule has 0 amide bonds. The van der Waals surface area contributed by atoms with E-state index in [1.165, 1.54) is 5.56 Å². The lowest BCUT2D eigenvalue weighted by atomic mass is 9.85. The summed E-state index contributed by atoms with van der Waals surface area (Å²) in [5.74, 6) is 1.05. The lowest BCUT2D eigenvalue weighted by Crippen LogP contribution is -2.28. The Balaban J connectivity index is 2.03. The van der Waals surface area contributed by atoms with Gasteiger partial charge in [0.1, 0.15) is 0 Å². The molecule has 1 fully saturated rings. The molecular weight excluding hydrogens is 184 g/mol. The summed E-state index contributed by atoms with van der Waals surface area (Å²) in [6, 6.07) is 10.5. The van der Waals surface area contributed by atoms with E-state index < -0.39 is 0 Å².